The van der Waals surface area contributed by atoms with Crippen molar-refractivity contribution in [3.05, 3.63) is 18.2 Å². The molecule has 2 unspecified atom stereocenters. The second-order valence-corrected chi connectivity index (χ2v) is 13.4. The molecule has 2 atom stereocenters. The van der Waals surface area contributed by atoms with Crippen molar-refractivity contribution in [3.8, 4) is 0 Å². The van der Waals surface area contributed by atoms with E-state index in [0.29, 0.717) is 25.9 Å². The summed E-state index contributed by atoms with van der Waals surface area (Å²) in [7, 11) is -7.90. The van der Waals surface area contributed by atoms with Gasteiger partial charge in [-0.05, 0) is 42.9 Å². The van der Waals surface area contributed by atoms with E-state index in [1.807, 2.05) is 5.01 Å². The molecule has 1 aromatic carbocycles. The normalized spacial score (nSPS) is 24.8. The SMILES string of the molecule is CC(C)(C)CCN1C(=O)C(C2=NS(=O)(=O)c3cc(NS(C)(=O)=O)ccc3N2)C(=O)C2CCCN21. The Morgan fingerprint density at radius 3 is 2.59 bits per heavy atom. The van der Waals surface area contributed by atoms with Crippen LogP contribution in [0.15, 0.2) is 27.5 Å². The average Bonchev–Trinajstić information content (AvgIpc) is 3.16. The Kier molecular flexibility index (Phi) is 6.01. The van der Waals surface area contributed by atoms with Gasteiger partial charge in [0.2, 0.25) is 10.0 Å². The van der Waals surface area contributed by atoms with Crippen LogP contribution in [0.4, 0.5) is 11.4 Å². The molecule has 0 radical (unpaired) electrons. The fourth-order valence-corrected chi connectivity index (χ4v) is 6.17. The molecule has 0 saturated carbocycles. The summed E-state index contributed by atoms with van der Waals surface area (Å²) in [5.41, 5.74) is 0.150. The quantitative estimate of drug-likeness (QED) is 0.565. The van der Waals surface area contributed by atoms with E-state index in [0.717, 1.165) is 18.7 Å². The number of hydrazine groups is 1. The van der Waals surface area contributed by atoms with E-state index >= 15 is 0 Å². The second-order valence-electron chi connectivity index (χ2n) is 10.1. The third-order valence-corrected chi connectivity index (χ3v) is 7.98. The number of hydrogen-bond donors (Lipinski definition) is 2. The van der Waals surface area contributed by atoms with E-state index < -0.39 is 37.9 Å². The number of fused-ring (bicyclic) bond motifs is 2. The first-order valence-corrected chi connectivity index (χ1v) is 14.3. The lowest BCUT2D eigenvalue weighted by molar-refractivity contribution is -0.168. The van der Waals surface area contributed by atoms with Crippen molar-refractivity contribution >= 4 is 48.9 Å². The lowest BCUT2D eigenvalue weighted by atomic mass is 9.89. The number of amidine groups is 1. The van der Waals surface area contributed by atoms with E-state index in [9.17, 15) is 26.4 Å². The smallest absolute Gasteiger partial charge is 0.286 e. The molecule has 1 aromatic rings. The third-order valence-electron chi connectivity index (χ3n) is 6.04. The van der Waals surface area contributed by atoms with Gasteiger partial charge in [-0.3, -0.25) is 19.3 Å². The number of rotatable bonds is 5. The van der Waals surface area contributed by atoms with E-state index in [2.05, 4.69) is 35.2 Å². The van der Waals surface area contributed by atoms with Crippen molar-refractivity contribution in [1.82, 2.24) is 10.0 Å². The zero-order chi connectivity index (χ0) is 25.1. The summed E-state index contributed by atoms with van der Waals surface area (Å²) < 4.78 is 55.0. The van der Waals surface area contributed by atoms with Crippen LogP contribution < -0.4 is 10.0 Å². The number of hydrogen-bond acceptors (Lipinski definition) is 8. The maximum atomic E-state index is 13.5. The van der Waals surface area contributed by atoms with Crippen LogP contribution in [0, 0.1) is 11.3 Å². The van der Waals surface area contributed by atoms with Crippen molar-refractivity contribution in [1.29, 1.82) is 0 Å². The number of amides is 1. The largest absolute Gasteiger partial charge is 0.341 e. The summed E-state index contributed by atoms with van der Waals surface area (Å²) in [6.45, 7) is 7.20. The molecule has 3 aliphatic rings. The molecular formula is C21H29N5O6S2. The van der Waals surface area contributed by atoms with E-state index in [-0.39, 0.29) is 33.3 Å². The molecule has 2 fully saturated rings. The van der Waals surface area contributed by atoms with Crippen molar-refractivity contribution < 1.29 is 26.4 Å². The maximum absolute atomic E-state index is 13.5. The summed E-state index contributed by atoms with van der Waals surface area (Å²) in [4.78, 5) is 26.6. The number of anilines is 2. The molecule has 34 heavy (non-hydrogen) atoms. The van der Waals surface area contributed by atoms with E-state index in [1.54, 1.807) is 5.01 Å². The van der Waals surface area contributed by atoms with Gasteiger partial charge in [-0.25, -0.2) is 13.4 Å². The van der Waals surface area contributed by atoms with E-state index in [1.165, 1.54) is 12.1 Å². The minimum absolute atomic E-state index is 0.0347. The molecule has 186 valence electrons. The molecule has 13 heteroatoms. The number of sulfonamides is 2. The number of carbonyl (C=O) groups excluding carboxylic acids is 2. The highest BCUT2D eigenvalue weighted by Gasteiger charge is 2.51. The Balaban J connectivity index is 1.68. The van der Waals surface area contributed by atoms with Gasteiger partial charge in [0, 0.05) is 18.8 Å². The number of carbonyl (C=O) groups is 2. The average molecular weight is 512 g/mol. The molecule has 11 nitrogen and oxygen atoms in total. The Hall–Kier alpha value is -2.51. The predicted molar refractivity (Wildman–Crippen MR) is 127 cm³/mol. The van der Waals surface area contributed by atoms with Gasteiger partial charge >= 0.3 is 0 Å². The van der Waals surface area contributed by atoms with Crippen LogP contribution in [0.5, 0.6) is 0 Å². The minimum Gasteiger partial charge on any atom is -0.341 e. The predicted octanol–water partition coefficient (Wildman–Crippen LogP) is 1.41. The van der Waals surface area contributed by atoms with Crippen molar-refractivity contribution in [2.24, 2.45) is 15.7 Å². The molecule has 1 amide bonds. The highest BCUT2D eigenvalue weighted by atomic mass is 32.2. The van der Waals surface area contributed by atoms with Crippen LogP contribution in [0.25, 0.3) is 0 Å². The highest BCUT2D eigenvalue weighted by Crippen LogP contribution is 2.36. The zero-order valence-electron chi connectivity index (χ0n) is 19.5. The van der Waals surface area contributed by atoms with Gasteiger partial charge < -0.3 is 5.32 Å². The van der Waals surface area contributed by atoms with Crippen molar-refractivity contribution in [3.63, 3.8) is 0 Å². The fraction of sp³-hybridized carbons (Fsp3) is 0.571. The lowest BCUT2D eigenvalue weighted by Crippen LogP contribution is -2.63. The van der Waals surface area contributed by atoms with Gasteiger partial charge in [-0.15, -0.1) is 4.40 Å². The summed E-state index contributed by atoms with van der Waals surface area (Å²) in [5.74, 6) is -2.43. The van der Waals surface area contributed by atoms with Gasteiger partial charge in [0.15, 0.2) is 11.7 Å². The Bertz CT molecular complexity index is 1280. The molecule has 0 spiro atoms. The fourth-order valence-electron chi connectivity index (χ4n) is 4.43. The van der Waals surface area contributed by atoms with Crippen molar-refractivity contribution in [2.45, 2.75) is 51.0 Å². The third kappa shape index (κ3) is 4.82. The van der Waals surface area contributed by atoms with Crippen LogP contribution in [-0.2, 0) is 29.6 Å². The van der Waals surface area contributed by atoms with Gasteiger partial charge in [-0.2, -0.15) is 8.42 Å². The van der Waals surface area contributed by atoms with Gasteiger partial charge in [0.05, 0.1) is 18.0 Å². The first-order valence-electron chi connectivity index (χ1n) is 11.0. The van der Waals surface area contributed by atoms with Gasteiger partial charge in [0.25, 0.3) is 15.9 Å². The topological polar surface area (TPSA) is 145 Å². The van der Waals surface area contributed by atoms with Gasteiger partial charge in [-0.1, -0.05) is 20.8 Å². The molecule has 0 aromatic heterocycles. The van der Waals surface area contributed by atoms with Crippen LogP contribution >= 0.6 is 0 Å². The summed E-state index contributed by atoms with van der Waals surface area (Å²) in [6.07, 6.45) is 3.01. The molecule has 0 aliphatic carbocycles. The minimum atomic E-state index is -4.29. The standard InChI is InChI=1S/C21H29N5O6S2/c1-21(2,3)9-11-26-20(28)17(18(27)15-6-5-10-25(15)26)19-22-14-8-7-13(23-33(4,29)30)12-16(14)34(31,32)24-19/h7-8,12,15,17,23H,5-6,9-11H2,1-4H3,(H,22,24). The molecule has 3 aliphatic heterocycles. The number of Topliss-reactive ketones (excluding diaryl/α,β-unsaturated/α-hetero) is 1. The molecule has 2 N–H and O–H groups in total. The Morgan fingerprint density at radius 1 is 1.24 bits per heavy atom. The summed E-state index contributed by atoms with van der Waals surface area (Å²) >= 11 is 0. The Labute approximate surface area is 199 Å². The van der Waals surface area contributed by atoms with Gasteiger partial charge in [0.1, 0.15) is 10.7 Å². The second kappa shape index (κ2) is 8.31. The van der Waals surface area contributed by atoms with E-state index in [4.69, 9.17) is 0 Å². The lowest BCUT2D eigenvalue weighted by Gasteiger charge is -2.43. The van der Waals surface area contributed by atoms with Crippen LogP contribution in [0.2, 0.25) is 0 Å². The van der Waals surface area contributed by atoms with Crippen LogP contribution in [-0.4, -0.2) is 69.8 Å². The first-order chi connectivity index (χ1) is 15.7. The molecule has 3 heterocycles. The summed E-state index contributed by atoms with van der Waals surface area (Å²) in [5, 5.41) is 6.24. The maximum Gasteiger partial charge on any atom is 0.286 e. The first kappa shape index (κ1) is 24.6. The number of benzene rings is 1. The number of nitrogens with zero attached hydrogens (tertiary/aromatic N) is 3. The molecule has 0 bridgehead atoms. The molecule has 4 rings (SSSR count). The van der Waals surface area contributed by atoms with Crippen molar-refractivity contribution in [2.75, 3.05) is 29.4 Å². The number of ketones is 1. The van der Waals surface area contributed by atoms with Crippen LogP contribution in [0.1, 0.15) is 40.0 Å². The molecule has 2 saturated heterocycles. The summed E-state index contributed by atoms with van der Waals surface area (Å²) in [6, 6.07) is 3.42. The Morgan fingerprint density at radius 2 is 1.94 bits per heavy atom. The molecular weight excluding hydrogens is 482 g/mol. The number of nitrogens with one attached hydrogen (secondary N) is 2. The zero-order valence-corrected chi connectivity index (χ0v) is 21.2. The highest BCUT2D eigenvalue weighted by molar-refractivity contribution is 7.92. The monoisotopic (exact) mass is 511 g/mol. The van der Waals surface area contributed by atoms with Crippen LogP contribution in [0.3, 0.4) is 0 Å².